The average molecular weight is 433 g/mol. The second-order valence-electron chi connectivity index (χ2n) is 6.73. The van der Waals surface area contributed by atoms with E-state index >= 15 is 0 Å². The highest BCUT2D eigenvalue weighted by atomic mass is 19.4. The molecule has 0 aliphatic carbocycles. The summed E-state index contributed by atoms with van der Waals surface area (Å²) >= 11 is 0. The van der Waals surface area contributed by atoms with Crippen LogP contribution in [-0.2, 0) is 6.18 Å². The van der Waals surface area contributed by atoms with E-state index in [0.717, 1.165) is 6.07 Å². The van der Waals surface area contributed by atoms with Gasteiger partial charge in [-0.25, -0.2) is 0 Å². The van der Waals surface area contributed by atoms with Gasteiger partial charge in [0.15, 0.2) is 0 Å². The third kappa shape index (κ3) is 4.23. The molecule has 2 aromatic carbocycles. The number of aromatic nitrogens is 1. The number of para-hydroxylation sites is 1. The van der Waals surface area contributed by atoms with Gasteiger partial charge in [-0.15, -0.1) is 0 Å². The van der Waals surface area contributed by atoms with Gasteiger partial charge in [0.1, 0.15) is 5.75 Å². The first-order valence-corrected chi connectivity index (χ1v) is 9.04. The Balaban J connectivity index is 2.01. The maximum atomic E-state index is 13.5. The van der Waals surface area contributed by atoms with E-state index in [1.165, 1.54) is 54.1 Å². The third-order valence-corrected chi connectivity index (χ3v) is 4.77. The highest BCUT2D eigenvalue weighted by Gasteiger charge is 2.34. The van der Waals surface area contributed by atoms with E-state index in [-0.39, 0.29) is 28.4 Å². The highest BCUT2D eigenvalue weighted by molar-refractivity contribution is 6.06. The van der Waals surface area contributed by atoms with Gasteiger partial charge < -0.3 is 14.6 Å². The van der Waals surface area contributed by atoms with E-state index in [2.05, 4.69) is 5.32 Å². The van der Waals surface area contributed by atoms with Gasteiger partial charge in [0, 0.05) is 17.5 Å². The van der Waals surface area contributed by atoms with Crippen molar-refractivity contribution >= 4 is 17.3 Å². The number of nitro benzene ring substituents is 1. The molecule has 162 valence electrons. The number of nitrogens with one attached hydrogen (secondary N) is 1. The van der Waals surface area contributed by atoms with Gasteiger partial charge in [0.05, 0.1) is 40.6 Å². The molecule has 0 aliphatic rings. The minimum atomic E-state index is -4.56. The molecule has 0 radical (unpaired) electrons. The molecule has 1 amide bonds. The Morgan fingerprint density at radius 3 is 2.42 bits per heavy atom. The summed E-state index contributed by atoms with van der Waals surface area (Å²) in [7, 11) is 1.30. The fourth-order valence-corrected chi connectivity index (χ4v) is 3.36. The first-order chi connectivity index (χ1) is 14.5. The normalized spacial score (nSPS) is 11.3. The van der Waals surface area contributed by atoms with E-state index in [0.29, 0.717) is 11.4 Å². The van der Waals surface area contributed by atoms with Gasteiger partial charge in [-0.2, -0.15) is 13.2 Å². The number of benzene rings is 2. The van der Waals surface area contributed by atoms with Gasteiger partial charge in [0.2, 0.25) is 0 Å². The van der Waals surface area contributed by atoms with Crippen LogP contribution in [0.15, 0.2) is 48.5 Å². The number of rotatable bonds is 5. The van der Waals surface area contributed by atoms with Crippen molar-refractivity contribution < 1.29 is 27.6 Å². The molecule has 0 atom stereocenters. The number of ether oxygens (including phenoxy) is 1. The fourth-order valence-electron chi connectivity index (χ4n) is 3.36. The number of methoxy groups -OCH3 is 1. The number of amides is 1. The van der Waals surface area contributed by atoms with Crippen LogP contribution in [0.25, 0.3) is 5.69 Å². The molecule has 0 aliphatic heterocycles. The van der Waals surface area contributed by atoms with Crippen molar-refractivity contribution in [2.75, 3.05) is 12.4 Å². The van der Waals surface area contributed by atoms with Gasteiger partial charge in [-0.05, 0) is 38.1 Å². The number of aryl methyl sites for hydroxylation is 1. The van der Waals surface area contributed by atoms with Gasteiger partial charge in [0.25, 0.3) is 11.6 Å². The monoisotopic (exact) mass is 433 g/mol. The number of halogens is 3. The molecule has 10 heteroatoms. The Morgan fingerprint density at radius 1 is 1.13 bits per heavy atom. The lowest BCUT2D eigenvalue weighted by Gasteiger charge is -2.17. The fraction of sp³-hybridized carbons (Fsp3) is 0.190. The first-order valence-electron chi connectivity index (χ1n) is 9.04. The molecule has 0 bridgehead atoms. The van der Waals surface area contributed by atoms with Gasteiger partial charge in [-0.1, -0.05) is 12.1 Å². The van der Waals surface area contributed by atoms with Crippen LogP contribution in [-0.4, -0.2) is 22.5 Å². The number of hydrogen-bond donors (Lipinski definition) is 1. The second kappa shape index (κ2) is 8.13. The molecule has 7 nitrogen and oxygen atoms in total. The quantitative estimate of drug-likeness (QED) is 0.438. The molecule has 1 N–H and O–H groups in total. The topological polar surface area (TPSA) is 86.4 Å². The van der Waals surface area contributed by atoms with E-state index in [1.807, 2.05) is 0 Å². The second-order valence-corrected chi connectivity index (χ2v) is 6.73. The minimum Gasteiger partial charge on any atom is -0.494 e. The van der Waals surface area contributed by atoms with Crippen LogP contribution in [0, 0.1) is 24.0 Å². The highest BCUT2D eigenvalue weighted by Crippen LogP contribution is 2.36. The third-order valence-electron chi connectivity index (χ3n) is 4.77. The van der Waals surface area contributed by atoms with E-state index in [9.17, 15) is 28.1 Å². The Kier molecular flexibility index (Phi) is 5.74. The van der Waals surface area contributed by atoms with Crippen molar-refractivity contribution in [3.05, 3.63) is 81.2 Å². The lowest BCUT2D eigenvalue weighted by atomic mass is 10.1. The molecule has 3 rings (SSSR count). The number of nitrogens with zero attached hydrogens (tertiary/aromatic N) is 2. The van der Waals surface area contributed by atoms with Crippen molar-refractivity contribution in [2.24, 2.45) is 0 Å². The molecule has 0 saturated carbocycles. The summed E-state index contributed by atoms with van der Waals surface area (Å²) in [5, 5.41) is 13.5. The van der Waals surface area contributed by atoms with Crippen LogP contribution in [0.1, 0.15) is 27.3 Å². The number of nitro groups is 1. The summed E-state index contributed by atoms with van der Waals surface area (Å²) in [5.41, 5.74) is -0.00869. The maximum Gasteiger partial charge on any atom is 0.418 e. The van der Waals surface area contributed by atoms with E-state index in [4.69, 9.17) is 4.74 Å². The zero-order chi connectivity index (χ0) is 22.9. The van der Waals surface area contributed by atoms with E-state index < -0.39 is 22.6 Å². The predicted molar refractivity (Wildman–Crippen MR) is 108 cm³/mol. The average Bonchev–Trinajstić information content (AvgIpc) is 3.01. The van der Waals surface area contributed by atoms with Crippen LogP contribution in [0.2, 0.25) is 0 Å². The van der Waals surface area contributed by atoms with Crippen LogP contribution in [0.5, 0.6) is 5.75 Å². The van der Waals surface area contributed by atoms with Gasteiger partial charge >= 0.3 is 6.18 Å². The van der Waals surface area contributed by atoms with Crippen LogP contribution >= 0.6 is 0 Å². The molecule has 1 aromatic heterocycles. The summed E-state index contributed by atoms with van der Waals surface area (Å²) < 4.78 is 46.9. The Morgan fingerprint density at radius 2 is 1.81 bits per heavy atom. The van der Waals surface area contributed by atoms with Crippen LogP contribution in [0.4, 0.5) is 24.5 Å². The predicted octanol–water partition coefficient (Wildman–Crippen LogP) is 5.28. The van der Waals surface area contributed by atoms with Crippen molar-refractivity contribution in [3.63, 3.8) is 0 Å². The first kappa shape index (κ1) is 21.9. The Labute approximate surface area is 175 Å². The zero-order valence-electron chi connectivity index (χ0n) is 16.8. The molecule has 3 aromatic rings. The lowest BCUT2D eigenvalue weighted by molar-refractivity contribution is -0.384. The summed E-state index contributed by atoms with van der Waals surface area (Å²) in [4.78, 5) is 23.2. The largest absolute Gasteiger partial charge is 0.494 e. The molecule has 0 saturated heterocycles. The number of carbonyl (C=O) groups is 1. The lowest BCUT2D eigenvalue weighted by Crippen LogP contribution is -2.15. The van der Waals surface area contributed by atoms with E-state index in [1.54, 1.807) is 13.8 Å². The van der Waals surface area contributed by atoms with Crippen molar-refractivity contribution in [1.82, 2.24) is 4.57 Å². The van der Waals surface area contributed by atoms with Crippen molar-refractivity contribution in [1.29, 1.82) is 0 Å². The summed E-state index contributed by atoms with van der Waals surface area (Å²) in [5.74, 6) is -0.505. The summed E-state index contributed by atoms with van der Waals surface area (Å²) in [6, 6.07) is 10.3. The van der Waals surface area contributed by atoms with Crippen LogP contribution in [0.3, 0.4) is 0 Å². The number of anilines is 1. The molecule has 0 unspecified atom stereocenters. The zero-order valence-corrected chi connectivity index (χ0v) is 16.8. The number of alkyl halides is 3. The Hall–Kier alpha value is -3.82. The van der Waals surface area contributed by atoms with Crippen molar-refractivity contribution in [2.45, 2.75) is 20.0 Å². The molecule has 0 spiro atoms. The molecule has 31 heavy (non-hydrogen) atoms. The van der Waals surface area contributed by atoms with Gasteiger partial charge in [-0.3, -0.25) is 14.9 Å². The molecule has 0 fully saturated rings. The standard InChI is InChI=1S/C21H18F3N3O4/c1-12-10-15(13(2)26(12)18-7-5-4-6-16(18)21(22,23)24)20(28)25-17-9-8-14(27(29)30)11-19(17)31-3/h4-11H,1-3H3,(H,25,28). The maximum absolute atomic E-state index is 13.5. The minimum absolute atomic E-state index is 0.0822. The molecular formula is C21H18F3N3O4. The number of non-ortho nitro benzene ring substituents is 1. The van der Waals surface area contributed by atoms with Crippen molar-refractivity contribution in [3.8, 4) is 11.4 Å². The summed E-state index contributed by atoms with van der Waals surface area (Å²) in [6.07, 6.45) is -4.56. The molecular weight excluding hydrogens is 415 g/mol. The number of carbonyl (C=O) groups excluding carboxylic acids is 1. The molecule has 1 heterocycles. The van der Waals surface area contributed by atoms with Crippen LogP contribution < -0.4 is 10.1 Å². The number of hydrogen-bond acceptors (Lipinski definition) is 4. The smallest absolute Gasteiger partial charge is 0.418 e. The summed E-state index contributed by atoms with van der Waals surface area (Å²) in [6.45, 7) is 3.14. The Bertz CT molecular complexity index is 1170. The SMILES string of the molecule is COc1cc([N+](=O)[O-])ccc1NC(=O)c1cc(C)n(-c2ccccc2C(F)(F)F)c1C.